The summed E-state index contributed by atoms with van der Waals surface area (Å²) in [5.41, 5.74) is 0. The number of aliphatic imine (C=N–C) groups is 1. The maximum Gasteiger partial charge on any atom is 0.356 e. The van der Waals surface area contributed by atoms with Gasteiger partial charge in [-0.1, -0.05) is 25.5 Å². The van der Waals surface area contributed by atoms with Crippen LogP contribution in [0.15, 0.2) is 17.6 Å². The van der Waals surface area contributed by atoms with Crippen molar-refractivity contribution in [2.45, 2.75) is 82.6 Å². The van der Waals surface area contributed by atoms with Gasteiger partial charge >= 0.3 is 5.97 Å². The van der Waals surface area contributed by atoms with Crippen LogP contribution in [0.1, 0.15) is 52.4 Å². The number of nitrogens with zero attached hydrogens (tertiary/aromatic N) is 3. The van der Waals surface area contributed by atoms with Gasteiger partial charge in [0.15, 0.2) is 11.8 Å². The second kappa shape index (κ2) is 10.6. The minimum absolute atomic E-state index is 0.0263. The largest absolute Gasteiger partial charge is 0.458 e. The van der Waals surface area contributed by atoms with Gasteiger partial charge in [0.1, 0.15) is 6.61 Å². The highest BCUT2D eigenvalue weighted by molar-refractivity contribution is 5.94. The molecule has 9 nitrogen and oxygen atoms in total. The van der Waals surface area contributed by atoms with Crippen molar-refractivity contribution in [2.75, 3.05) is 26.3 Å². The molecule has 3 rings (SSSR count). The monoisotopic (exact) mass is 437 g/mol. The standard InChI is InChI=1S/C22H35N3O6/c1-4-13-29-21(28)20(27)25-17(10-9-16-14-30-22(2,3)31-16)18(19(25)26)23-15-24-11-7-5-6-8-12-24/h4,15-18,20,27H,1,5-14H2,2-3H3/t16?,17-,18+,20?/m1/s1. The Kier molecular flexibility index (Phi) is 8.07. The number of carbonyl (C=O) groups excluding carboxylic acids is 2. The number of hydrogen-bond acceptors (Lipinski definition) is 7. The van der Waals surface area contributed by atoms with Crippen molar-refractivity contribution in [2.24, 2.45) is 4.99 Å². The Labute approximate surface area is 184 Å². The number of amides is 1. The third-order valence-corrected chi connectivity index (χ3v) is 5.93. The molecule has 0 saturated carbocycles. The molecule has 3 saturated heterocycles. The third-order valence-electron chi connectivity index (χ3n) is 5.93. The lowest BCUT2D eigenvalue weighted by Gasteiger charge is -2.47. The van der Waals surface area contributed by atoms with Gasteiger partial charge in [0.2, 0.25) is 6.23 Å². The van der Waals surface area contributed by atoms with Crippen molar-refractivity contribution in [3.63, 3.8) is 0 Å². The second-order valence-corrected chi connectivity index (χ2v) is 8.79. The van der Waals surface area contributed by atoms with E-state index in [-0.39, 0.29) is 18.6 Å². The normalized spacial score (nSPS) is 29.5. The summed E-state index contributed by atoms with van der Waals surface area (Å²) in [6, 6.07) is -1.03. The summed E-state index contributed by atoms with van der Waals surface area (Å²) in [5.74, 6) is -1.86. The fraction of sp³-hybridized carbons (Fsp3) is 0.773. The first-order valence-corrected chi connectivity index (χ1v) is 11.2. The topological polar surface area (TPSA) is 101 Å². The van der Waals surface area contributed by atoms with E-state index in [1.165, 1.54) is 23.8 Å². The number of hydrogen-bond donors (Lipinski definition) is 1. The summed E-state index contributed by atoms with van der Waals surface area (Å²) in [6.45, 7) is 9.51. The van der Waals surface area contributed by atoms with Crippen molar-refractivity contribution in [1.29, 1.82) is 0 Å². The molecule has 0 aliphatic carbocycles. The summed E-state index contributed by atoms with van der Waals surface area (Å²) >= 11 is 0. The fourth-order valence-corrected chi connectivity index (χ4v) is 4.28. The number of carbonyl (C=O) groups is 2. The molecular weight excluding hydrogens is 402 g/mol. The molecule has 0 spiro atoms. The van der Waals surface area contributed by atoms with Crippen LogP contribution in [-0.4, -0.2) is 89.6 Å². The van der Waals surface area contributed by atoms with Crippen LogP contribution in [0.4, 0.5) is 0 Å². The van der Waals surface area contributed by atoms with Crippen molar-refractivity contribution in [3.05, 3.63) is 12.7 Å². The molecule has 1 amide bonds. The van der Waals surface area contributed by atoms with Gasteiger partial charge in [-0.25, -0.2) is 4.79 Å². The summed E-state index contributed by atoms with van der Waals surface area (Å²) < 4.78 is 16.4. The van der Waals surface area contributed by atoms with Gasteiger partial charge in [0, 0.05) is 13.1 Å². The van der Waals surface area contributed by atoms with Crippen LogP contribution in [0.25, 0.3) is 0 Å². The summed E-state index contributed by atoms with van der Waals surface area (Å²) in [4.78, 5) is 32.8. The molecule has 31 heavy (non-hydrogen) atoms. The Morgan fingerprint density at radius 1 is 1.32 bits per heavy atom. The van der Waals surface area contributed by atoms with Crippen LogP contribution in [0.2, 0.25) is 0 Å². The lowest BCUT2D eigenvalue weighted by Crippen LogP contribution is -2.69. The van der Waals surface area contributed by atoms with Gasteiger partial charge < -0.3 is 24.2 Å². The van der Waals surface area contributed by atoms with E-state index in [9.17, 15) is 14.7 Å². The predicted molar refractivity (Wildman–Crippen MR) is 114 cm³/mol. The zero-order valence-electron chi connectivity index (χ0n) is 18.6. The molecule has 3 aliphatic rings. The number of rotatable bonds is 9. The molecule has 4 atom stereocenters. The Bertz CT molecular complexity index is 674. The second-order valence-electron chi connectivity index (χ2n) is 8.79. The molecule has 1 N–H and O–H groups in total. The van der Waals surface area contributed by atoms with Gasteiger partial charge in [-0.05, 0) is 39.5 Å². The SMILES string of the molecule is C=CCOC(=O)C(O)N1C(=O)[C@@H](N=CN2CCCCCC2)[C@H]1CCC1COC(C)(C)O1. The van der Waals surface area contributed by atoms with Crippen LogP contribution in [0.3, 0.4) is 0 Å². The molecular formula is C22H35N3O6. The molecule has 3 heterocycles. The van der Waals surface area contributed by atoms with E-state index in [1.54, 1.807) is 6.34 Å². The molecule has 0 radical (unpaired) electrons. The third kappa shape index (κ3) is 6.05. The average Bonchev–Trinajstić information content (AvgIpc) is 2.92. The van der Waals surface area contributed by atoms with E-state index in [0.717, 1.165) is 25.9 Å². The molecule has 9 heteroatoms. The van der Waals surface area contributed by atoms with E-state index in [4.69, 9.17) is 14.2 Å². The molecule has 0 aromatic carbocycles. The van der Waals surface area contributed by atoms with E-state index < -0.39 is 30.1 Å². The Morgan fingerprint density at radius 3 is 2.65 bits per heavy atom. The number of ether oxygens (including phenoxy) is 3. The summed E-state index contributed by atoms with van der Waals surface area (Å²) in [5, 5.41) is 10.4. The highest BCUT2D eigenvalue weighted by Crippen LogP contribution is 2.32. The van der Waals surface area contributed by atoms with Crippen molar-refractivity contribution >= 4 is 18.2 Å². The van der Waals surface area contributed by atoms with Crippen LogP contribution in [0, 0.1) is 0 Å². The minimum Gasteiger partial charge on any atom is -0.458 e. The van der Waals surface area contributed by atoms with Gasteiger partial charge in [-0.2, -0.15) is 0 Å². The van der Waals surface area contributed by atoms with Gasteiger partial charge in [-0.3, -0.25) is 14.7 Å². The Balaban J connectivity index is 1.65. The van der Waals surface area contributed by atoms with Crippen molar-refractivity contribution in [1.82, 2.24) is 9.80 Å². The first-order valence-electron chi connectivity index (χ1n) is 11.2. The molecule has 3 aliphatic heterocycles. The highest BCUT2D eigenvalue weighted by Gasteiger charge is 2.52. The maximum atomic E-state index is 12.8. The summed E-state index contributed by atoms with van der Waals surface area (Å²) in [6.07, 6.45) is 7.22. The average molecular weight is 438 g/mol. The van der Waals surface area contributed by atoms with Crippen molar-refractivity contribution in [3.8, 4) is 0 Å². The molecule has 0 aromatic rings. The van der Waals surface area contributed by atoms with E-state index in [0.29, 0.717) is 19.4 Å². The van der Waals surface area contributed by atoms with Crippen LogP contribution in [0.5, 0.6) is 0 Å². The zero-order valence-corrected chi connectivity index (χ0v) is 18.6. The lowest BCUT2D eigenvalue weighted by molar-refractivity contribution is -0.186. The maximum absolute atomic E-state index is 12.8. The highest BCUT2D eigenvalue weighted by atomic mass is 16.7. The van der Waals surface area contributed by atoms with Gasteiger partial charge in [-0.15, -0.1) is 0 Å². The number of β-lactam (4-membered cyclic amide) rings is 1. The van der Waals surface area contributed by atoms with Crippen LogP contribution >= 0.6 is 0 Å². The van der Waals surface area contributed by atoms with E-state index in [2.05, 4.69) is 16.5 Å². The lowest BCUT2D eigenvalue weighted by atomic mass is 9.90. The molecule has 0 aromatic heterocycles. The minimum atomic E-state index is -1.65. The number of esters is 1. The van der Waals surface area contributed by atoms with E-state index in [1.807, 2.05) is 13.8 Å². The summed E-state index contributed by atoms with van der Waals surface area (Å²) in [7, 11) is 0. The quantitative estimate of drug-likeness (QED) is 0.192. The van der Waals surface area contributed by atoms with Crippen LogP contribution < -0.4 is 0 Å². The number of likely N-dealkylation sites (tertiary alicyclic amines) is 2. The fourth-order valence-electron chi connectivity index (χ4n) is 4.28. The van der Waals surface area contributed by atoms with Gasteiger partial charge in [0.25, 0.3) is 5.91 Å². The zero-order chi connectivity index (χ0) is 22.4. The first kappa shape index (κ1) is 23.7. The molecule has 2 unspecified atom stereocenters. The van der Waals surface area contributed by atoms with Crippen molar-refractivity contribution < 1.29 is 28.9 Å². The van der Waals surface area contributed by atoms with Gasteiger partial charge in [0.05, 0.1) is 25.1 Å². The Morgan fingerprint density at radius 2 is 2.03 bits per heavy atom. The number of aliphatic hydroxyl groups is 1. The number of aliphatic hydroxyl groups excluding tert-OH is 1. The molecule has 3 fully saturated rings. The predicted octanol–water partition coefficient (Wildman–Crippen LogP) is 1.45. The molecule has 174 valence electrons. The smallest absolute Gasteiger partial charge is 0.356 e. The first-order chi connectivity index (χ1) is 14.8. The van der Waals surface area contributed by atoms with E-state index >= 15 is 0 Å². The Hall–Kier alpha value is -1.97. The molecule has 0 bridgehead atoms. The van der Waals surface area contributed by atoms with Crippen LogP contribution in [-0.2, 0) is 23.8 Å².